The molecule has 0 aromatic heterocycles. The molecule has 0 radical (unpaired) electrons. The minimum absolute atomic E-state index is 0.00949. The van der Waals surface area contributed by atoms with Crippen molar-refractivity contribution < 1.29 is 47.9 Å². The number of nitrogens with zero attached hydrogens (tertiary/aromatic N) is 2. The van der Waals surface area contributed by atoms with Crippen LogP contribution in [0.4, 0.5) is 11.4 Å². The normalized spacial score (nSPS) is 17.7. The van der Waals surface area contributed by atoms with Gasteiger partial charge >= 0.3 is 0 Å². The van der Waals surface area contributed by atoms with Crippen LogP contribution in [0.15, 0.2) is 36.4 Å². The van der Waals surface area contributed by atoms with Crippen LogP contribution >= 0.6 is 0 Å². The lowest BCUT2D eigenvalue weighted by atomic mass is 10.0. The summed E-state index contributed by atoms with van der Waals surface area (Å²) in [4.78, 5) is 126. The van der Waals surface area contributed by atoms with Crippen molar-refractivity contribution >= 4 is 70.8 Å². The Balaban J connectivity index is 1.19. The number of benzene rings is 2. The molecule has 242 valence electrons. The molecule has 2 unspecified atom stereocenters. The second-order valence-corrected chi connectivity index (χ2v) is 11.0. The van der Waals surface area contributed by atoms with Gasteiger partial charge in [0.1, 0.15) is 18.4 Å². The largest absolute Gasteiger partial charge is 0.368 e. The van der Waals surface area contributed by atoms with E-state index in [1.807, 2.05) is 0 Å². The number of piperidine rings is 1. The number of hydrogen-bond acceptors (Lipinski definition) is 10. The molecule has 2 atom stereocenters. The molecule has 5 N–H and O–H groups in total. The number of amides is 9. The number of primary amides is 1. The third-order valence-corrected chi connectivity index (χ3v) is 7.97. The molecule has 9 amide bonds. The Hall–Kier alpha value is -6.06. The Morgan fingerprint density at radius 3 is 1.98 bits per heavy atom. The first-order valence-corrected chi connectivity index (χ1v) is 14.6. The summed E-state index contributed by atoms with van der Waals surface area (Å²) in [6, 6.07) is 5.94. The average molecular weight is 645 g/mol. The van der Waals surface area contributed by atoms with Gasteiger partial charge < -0.3 is 21.2 Å². The minimum Gasteiger partial charge on any atom is -0.368 e. The Bertz CT molecular complexity index is 1690. The van der Waals surface area contributed by atoms with Crippen molar-refractivity contribution in [1.82, 2.24) is 15.1 Å². The lowest BCUT2D eigenvalue weighted by molar-refractivity contribution is -0.136. The molecular weight excluding hydrogens is 616 g/mol. The summed E-state index contributed by atoms with van der Waals surface area (Å²) in [5.41, 5.74) is 5.15. The number of nitrogens with two attached hydrogens (primary N) is 1. The number of anilines is 2. The van der Waals surface area contributed by atoms with Gasteiger partial charge in [-0.2, -0.15) is 0 Å². The summed E-state index contributed by atoms with van der Waals surface area (Å²) in [5, 5.41) is 7.24. The van der Waals surface area contributed by atoms with E-state index in [1.54, 1.807) is 0 Å². The quantitative estimate of drug-likeness (QED) is 0.182. The average Bonchev–Trinajstić information content (AvgIpc) is 3.43. The first-order chi connectivity index (χ1) is 22.4. The third-order valence-electron chi connectivity index (χ3n) is 7.97. The first-order valence-electron chi connectivity index (χ1n) is 14.6. The van der Waals surface area contributed by atoms with E-state index >= 15 is 0 Å². The zero-order chi connectivity index (χ0) is 34.0. The van der Waals surface area contributed by atoms with Crippen molar-refractivity contribution in [1.29, 1.82) is 0 Å². The summed E-state index contributed by atoms with van der Waals surface area (Å²) in [6.07, 6.45) is -0.119. The SMILES string of the molecule is NC(=O)C(CCC=O)N1C(=O)c2cccc(NC(=O)CCCC(=O)Nc3cccc4c3C(=O)N(C3CCC(=O)NC3=O)C4=O)c2C1=O. The molecule has 3 aliphatic rings. The van der Waals surface area contributed by atoms with Gasteiger partial charge in [-0.15, -0.1) is 0 Å². The summed E-state index contributed by atoms with van der Waals surface area (Å²) in [6.45, 7) is 0. The molecule has 0 spiro atoms. The van der Waals surface area contributed by atoms with Crippen LogP contribution in [0, 0.1) is 0 Å². The highest BCUT2D eigenvalue weighted by molar-refractivity contribution is 6.27. The van der Waals surface area contributed by atoms with E-state index in [0.717, 1.165) is 4.90 Å². The van der Waals surface area contributed by atoms with Crippen LogP contribution in [0.3, 0.4) is 0 Å². The predicted molar refractivity (Wildman–Crippen MR) is 159 cm³/mol. The van der Waals surface area contributed by atoms with E-state index in [4.69, 9.17) is 5.73 Å². The molecule has 3 aliphatic heterocycles. The second-order valence-electron chi connectivity index (χ2n) is 11.0. The molecule has 2 aromatic carbocycles. The predicted octanol–water partition coefficient (Wildman–Crippen LogP) is 0.264. The number of rotatable bonds is 12. The number of fused-ring (bicyclic) bond motifs is 2. The van der Waals surface area contributed by atoms with Crippen molar-refractivity contribution in [3.8, 4) is 0 Å². The van der Waals surface area contributed by atoms with Crippen LogP contribution in [0.2, 0.25) is 0 Å². The summed E-state index contributed by atoms with van der Waals surface area (Å²) < 4.78 is 0. The molecule has 2 aromatic rings. The number of imide groups is 3. The second kappa shape index (κ2) is 13.1. The molecule has 0 aliphatic carbocycles. The molecule has 0 saturated carbocycles. The highest BCUT2D eigenvalue weighted by Crippen LogP contribution is 2.33. The molecule has 16 nitrogen and oxygen atoms in total. The number of nitrogens with one attached hydrogen (secondary N) is 3. The van der Waals surface area contributed by atoms with E-state index in [-0.39, 0.29) is 78.6 Å². The summed E-state index contributed by atoms with van der Waals surface area (Å²) in [5.74, 6) is -6.56. The van der Waals surface area contributed by atoms with Gasteiger partial charge in [0.25, 0.3) is 23.6 Å². The molecule has 16 heteroatoms. The highest BCUT2D eigenvalue weighted by atomic mass is 16.2. The molecule has 47 heavy (non-hydrogen) atoms. The molecule has 0 bridgehead atoms. The highest BCUT2D eigenvalue weighted by Gasteiger charge is 2.46. The maximum absolute atomic E-state index is 13.2. The fourth-order valence-corrected chi connectivity index (χ4v) is 5.77. The fraction of sp³-hybridized carbons (Fsp3) is 0.290. The van der Waals surface area contributed by atoms with E-state index in [2.05, 4.69) is 16.0 Å². The Morgan fingerprint density at radius 2 is 1.43 bits per heavy atom. The van der Waals surface area contributed by atoms with Gasteiger partial charge in [-0.1, -0.05) is 12.1 Å². The van der Waals surface area contributed by atoms with Crippen molar-refractivity contribution in [2.24, 2.45) is 5.73 Å². The van der Waals surface area contributed by atoms with Crippen LogP contribution in [0.25, 0.3) is 0 Å². The molecular formula is C31H28N6O10. The zero-order valence-corrected chi connectivity index (χ0v) is 24.7. The fourth-order valence-electron chi connectivity index (χ4n) is 5.77. The maximum Gasteiger partial charge on any atom is 0.264 e. The van der Waals surface area contributed by atoms with Gasteiger partial charge in [0, 0.05) is 25.7 Å². The summed E-state index contributed by atoms with van der Waals surface area (Å²) >= 11 is 0. The van der Waals surface area contributed by atoms with Gasteiger partial charge in [0.2, 0.25) is 29.5 Å². The smallest absolute Gasteiger partial charge is 0.264 e. The lowest BCUT2D eigenvalue weighted by Crippen LogP contribution is -2.54. The zero-order valence-electron chi connectivity index (χ0n) is 24.7. The minimum atomic E-state index is -1.35. The Kier molecular flexibility index (Phi) is 9.03. The maximum atomic E-state index is 13.2. The first kappa shape index (κ1) is 32.3. The molecule has 1 fully saturated rings. The third kappa shape index (κ3) is 6.12. The molecule has 3 heterocycles. The molecule has 5 rings (SSSR count). The van der Waals surface area contributed by atoms with Crippen LogP contribution in [0.1, 0.15) is 86.4 Å². The van der Waals surface area contributed by atoms with Crippen molar-refractivity contribution in [2.75, 3.05) is 10.6 Å². The van der Waals surface area contributed by atoms with Crippen LogP contribution in [-0.2, 0) is 28.8 Å². The summed E-state index contributed by atoms with van der Waals surface area (Å²) in [7, 11) is 0. The van der Waals surface area contributed by atoms with Crippen LogP contribution < -0.4 is 21.7 Å². The number of carbonyl (C=O) groups is 10. The van der Waals surface area contributed by atoms with E-state index in [0.29, 0.717) is 11.2 Å². The lowest BCUT2D eigenvalue weighted by Gasteiger charge is -2.27. The standard InChI is InChI=1S/C31H28N6O10/c32-26(42)19(9-4-14-38)36-28(44)15-5-1-7-17(24(15)30(36)46)33-21(39)10-3-11-22(40)34-18-8-2-6-16-25(18)31(47)37(29(16)45)20-12-13-23(41)35-27(20)43/h1-2,5-8,14,19-20H,3-4,9-13H2,(H2,32,42)(H,33,39)(H,34,40)(H,35,41,43). The van der Waals surface area contributed by atoms with Crippen LogP contribution in [-0.4, -0.2) is 81.3 Å². The monoisotopic (exact) mass is 644 g/mol. The van der Waals surface area contributed by atoms with E-state index < -0.39 is 65.2 Å². The molecule has 1 saturated heterocycles. The van der Waals surface area contributed by atoms with Crippen molar-refractivity contribution in [3.63, 3.8) is 0 Å². The topological polar surface area (TPSA) is 239 Å². The number of carbonyl (C=O) groups excluding carboxylic acids is 10. The van der Waals surface area contributed by atoms with Gasteiger partial charge in [-0.05, 0) is 43.5 Å². The van der Waals surface area contributed by atoms with Crippen molar-refractivity contribution in [2.45, 2.75) is 57.0 Å². The van der Waals surface area contributed by atoms with E-state index in [9.17, 15) is 47.9 Å². The van der Waals surface area contributed by atoms with Gasteiger partial charge in [0.15, 0.2) is 0 Å². The van der Waals surface area contributed by atoms with E-state index in [1.165, 1.54) is 36.4 Å². The number of hydrogen-bond donors (Lipinski definition) is 4. The van der Waals surface area contributed by atoms with Crippen molar-refractivity contribution in [3.05, 3.63) is 58.7 Å². The van der Waals surface area contributed by atoms with Gasteiger partial charge in [0.05, 0.1) is 33.6 Å². The number of aldehydes is 1. The van der Waals surface area contributed by atoms with Gasteiger partial charge in [-0.3, -0.25) is 58.3 Å². The Morgan fingerprint density at radius 1 is 0.851 bits per heavy atom. The Labute approximate surface area is 266 Å². The van der Waals surface area contributed by atoms with Crippen LogP contribution in [0.5, 0.6) is 0 Å². The van der Waals surface area contributed by atoms with Gasteiger partial charge in [-0.25, -0.2) is 0 Å².